The van der Waals surface area contributed by atoms with Crippen LogP contribution < -0.4 is 0 Å². The van der Waals surface area contributed by atoms with Crippen molar-refractivity contribution in [1.29, 1.82) is 0 Å². The van der Waals surface area contributed by atoms with Crippen LogP contribution in [0.5, 0.6) is 0 Å². The van der Waals surface area contributed by atoms with E-state index in [2.05, 4.69) is 28.6 Å². The Hall–Kier alpha value is -3.66. The summed E-state index contributed by atoms with van der Waals surface area (Å²) in [7, 11) is 0. The molecule has 0 aliphatic carbocycles. The lowest BCUT2D eigenvalue weighted by atomic mass is 10.2. The molecule has 0 bridgehead atoms. The highest BCUT2D eigenvalue weighted by molar-refractivity contribution is 9.09. The highest BCUT2D eigenvalue weighted by atomic mass is 79.9. The Bertz CT molecular complexity index is 1360. The number of alkyl halides is 1. The minimum Gasteiger partial charge on any atom is -0.478 e. The van der Waals surface area contributed by atoms with Crippen LogP contribution in [0, 0.1) is 0 Å². The Morgan fingerprint density at radius 1 is 0.590 bits per heavy atom. The van der Waals surface area contributed by atoms with Crippen molar-refractivity contribution in [2.45, 2.75) is 9.79 Å². The van der Waals surface area contributed by atoms with E-state index in [0.29, 0.717) is 16.6 Å². The van der Waals surface area contributed by atoms with Gasteiger partial charge in [-0.05, 0) is 48.5 Å². The fourth-order valence-electron chi connectivity index (χ4n) is 2.86. The van der Waals surface area contributed by atoms with Gasteiger partial charge in [0, 0.05) is 20.9 Å². The lowest BCUT2D eigenvalue weighted by Gasteiger charge is -2.02. The molecule has 39 heavy (non-hydrogen) atoms. The zero-order chi connectivity index (χ0) is 28.6. The lowest BCUT2D eigenvalue weighted by molar-refractivity contribution is 0.0686. The van der Waals surface area contributed by atoms with Crippen LogP contribution >= 0.6 is 40.3 Å². The fourth-order valence-corrected chi connectivity index (χ4v) is 4.12. The van der Waals surface area contributed by atoms with E-state index in [4.69, 9.17) is 10.2 Å². The molecule has 0 aliphatic rings. The maximum absolute atomic E-state index is 11.9. The van der Waals surface area contributed by atoms with Gasteiger partial charge in [-0.15, -0.1) is 24.4 Å². The largest absolute Gasteiger partial charge is 0.478 e. The number of rotatable bonds is 8. The molecular weight excluding hydrogens is 600 g/mol. The van der Waals surface area contributed by atoms with Crippen LogP contribution in [0.1, 0.15) is 41.4 Å². The minimum atomic E-state index is -0.947. The number of ketones is 2. The molecule has 0 aromatic heterocycles. The van der Waals surface area contributed by atoms with Gasteiger partial charge >= 0.3 is 11.9 Å². The molecule has 0 atom stereocenters. The van der Waals surface area contributed by atoms with Gasteiger partial charge in [-0.25, -0.2) is 9.59 Å². The molecular formula is C30H25BrO6S2. The maximum Gasteiger partial charge on any atom is 0.335 e. The number of carboxylic acids is 2. The van der Waals surface area contributed by atoms with E-state index in [0.717, 1.165) is 15.4 Å². The standard InChI is InChI=1S/C15H12O3S.C8H7BrO.C7H6O2S/c16-14(11-4-2-1-3-5-11)10-19-13-8-6-12(7-9-13)15(17)18;9-6-8(10)7-4-2-1-3-5-7;8-7(9)5-1-3-6(10)4-2-5/h1-9H,10H2,(H,17,18);1-5H,6H2;1-4,10H,(H,8,9). The van der Waals surface area contributed by atoms with Crippen molar-refractivity contribution in [1.82, 2.24) is 0 Å². The van der Waals surface area contributed by atoms with Crippen molar-refractivity contribution in [3.05, 3.63) is 131 Å². The highest BCUT2D eigenvalue weighted by Gasteiger charge is 2.07. The molecule has 0 saturated heterocycles. The van der Waals surface area contributed by atoms with Crippen molar-refractivity contribution >= 4 is 63.8 Å². The Balaban J connectivity index is 0.000000225. The Morgan fingerprint density at radius 2 is 1.00 bits per heavy atom. The minimum absolute atomic E-state index is 0.0629. The molecule has 0 amide bonds. The van der Waals surface area contributed by atoms with Gasteiger partial charge in [-0.1, -0.05) is 76.6 Å². The second-order valence-corrected chi connectivity index (χ2v) is 9.81. The van der Waals surface area contributed by atoms with Gasteiger partial charge in [-0.2, -0.15) is 0 Å². The molecule has 0 fully saturated rings. The molecule has 0 radical (unpaired) electrons. The van der Waals surface area contributed by atoms with E-state index in [1.165, 1.54) is 36.0 Å². The first-order valence-corrected chi connectivity index (χ1v) is 14.0. The second kappa shape index (κ2) is 17.0. The molecule has 4 aromatic carbocycles. The van der Waals surface area contributed by atoms with Gasteiger partial charge in [-0.3, -0.25) is 9.59 Å². The molecule has 0 unspecified atom stereocenters. The molecule has 0 aliphatic heterocycles. The summed E-state index contributed by atoms with van der Waals surface area (Å²) in [5.41, 5.74) is 1.99. The van der Waals surface area contributed by atoms with Gasteiger partial charge in [0.15, 0.2) is 11.6 Å². The van der Waals surface area contributed by atoms with Crippen LogP contribution in [-0.4, -0.2) is 44.8 Å². The Morgan fingerprint density at radius 3 is 1.41 bits per heavy atom. The van der Waals surface area contributed by atoms with E-state index < -0.39 is 11.9 Å². The maximum atomic E-state index is 11.9. The van der Waals surface area contributed by atoms with E-state index in [1.807, 2.05) is 48.5 Å². The first-order valence-electron chi connectivity index (χ1n) is 11.4. The fraction of sp³-hybridized carbons (Fsp3) is 0.0667. The number of hydrogen-bond donors (Lipinski definition) is 3. The summed E-state index contributed by atoms with van der Waals surface area (Å²) in [4.78, 5) is 45.5. The number of Topliss-reactive ketones (excluding diaryl/α,β-unsaturated/α-hetero) is 2. The summed E-state index contributed by atoms with van der Waals surface area (Å²) >= 11 is 8.51. The van der Waals surface area contributed by atoms with Crippen LogP contribution in [0.2, 0.25) is 0 Å². The summed E-state index contributed by atoms with van der Waals surface area (Å²) in [6.07, 6.45) is 0. The highest BCUT2D eigenvalue weighted by Crippen LogP contribution is 2.20. The van der Waals surface area contributed by atoms with Crippen LogP contribution in [0.3, 0.4) is 0 Å². The summed E-state index contributed by atoms with van der Waals surface area (Å²) in [5, 5.41) is 17.6. The molecule has 6 nitrogen and oxygen atoms in total. The SMILES string of the molecule is O=C(CBr)c1ccccc1.O=C(O)c1ccc(S)cc1.O=C(O)c1ccc(SCC(=O)c2ccccc2)cc1. The van der Waals surface area contributed by atoms with E-state index in [9.17, 15) is 19.2 Å². The van der Waals surface area contributed by atoms with Crippen molar-refractivity contribution in [2.75, 3.05) is 11.1 Å². The van der Waals surface area contributed by atoms with E-state index >= 15 is 0 Å². The summed E-state index contributed by atoms with van der Waals surface area (Å²) in [5.74, 6) is -1.32. The Labute approximate surface area is 244 Å². The van der Waals surface area contributed by atoms with E-state index in [1.54, 1.807) is 36.4 Å². The zero-order valence-electron chi connectivity index (χ0n) is 20.6. The molecule has 4 rings (SSSR count). The van der Waals surface area contributed by atoms with Gasteiger partial charge in [0.05, 0.1) is 22.2 Å². The van der Waals surface area contributed by atoms with Crippen LogP contribution in [-0.2, 0) is 0 Å². The third kappa shape index (κ3) is 11.7. The monoisotopic (exact) mass is 624 g/mol. The topological polar surface area (TPSA) is 109 Å². The molecule has 0 heterocycles. The second-order valence-electron chi connectivity index (χ2n) is 7.68. The van der Waals surface area contributed by atoms with E-state index in [-0.39, 0.29) is 22.7 Å². The quantitative estimate of drug-likeness (QED) is 0.0816. The van der Waals surface area contributed by atoms with Crippen molar-refractivity contribution < 1.29 is 29.4 Å². The van der Waals surface area contributed by atoms with Gasteiger partial charge in [0.1, 0.15) is 0 Å². The Kier molecular flexibility index (Phi) is 13.8. The summed E-state index contributed by atoms with van der Waals surface area (Å²) in [6.45, 7) is 0. The number of thiol groups is 1. The number of benzene rings is 4. The smallest absolute Gasteiger partial charge is 0.335 e. The third-order valence-corrected chi connectivity index (χ3v) is 6.72. The van der Waals surface area contributed by atoms with Crippen LogP contribution in [0.25, 0.3) is 0 Å². The number of aromatic carboxylic acids is 2. The molecule has 0 saturated carbocycles. The number of thioether (sulfide) groups is 1. The van der Waals surface area contributed by atoms with Gasteiger partial charge < -0.3 is 10.2 Å². The first-order chi connectivity index (χ1) is 18.7. The van der Waals surface area contributed by atoms with Crippen LogP contribution in [0.15, 0.2) is 119 Å². The lowest BCUT2D eigenvalue weighted by Crippen LogP contribution is -2.01. The number of carbonyl (C=O) groups is 4. The molecule has 2 N–H and O–H groups in total. The summed E-state index contributed by atoms with van der Waals surface area (Å²) < 4.78 is 0. The molecule has 200 valence electrons. The zero-order valence-corrected chi connectivity index (χ0v) is 23.9. The van der Waals surface area contributed by atoms with Crippen molar-refractivity contribution in [3.8, 4) is 0 Å². The average molecular weight is 626 g/mol. The van der Waals surface area contributed by atoms with Crippen LogP contribution in [0.4, 0.5) is 0 Å². The molecule has 0 spiro atoms. The van der Waals surface area contributed by atoms with Crippen molar-refractivity contribution in [2.24, 2.45) is 0 Å². The number of hydrogen-bond acceptors (Lipinski definition) is 6. The third-order valence-electron chi connectivity index (χ3n) is 4.90. The molecule has 9 heteroatoms. The summed E-state index contributed by atoms with van der Waals surface area (Å²) in [6, 6.07) is 31.2. The number of carbonyl (C=O) groups excluding carboxylic acids is 2. The predicted octanol–water partition coefficient (Wildman–Crippen LogP) is 7.30. The first kappa shape index (κ1) is 31.6. The number of halogens is 1. The number of carboxylic acid groups (broad SMARTS) is 2. The average Bonchev–Trinajstić information content (AvgIpc) is 2.97. The van der Waals surface area contributed by atoms with Crippen molar-refractivity contribution in [3.63, 3.8) is 0 Å². The van der Waals surface area contributed by atoms with Gasteiger partial charge in [0.2, 0.25) is 0 Å². The predicted molar refractivity (Wildman–Crippen MR) is 160 cm³/mol. The normalized spacial score (nSPS) is 9.69. The van der Waals surface area contributed by atoms with Gasteiger partial charge in [0.25, 0.3) is 0 Å². The molecule has 4 aromatic rings.